The van der Waals surface area contributed by atoms with Crippen molar-refractivity contribution in [3.8, 4) is 0 Å². The average Bonchev–Trinajstić information content (AvgIpc) is 2.46. The summed E-state index contributed by atoms with van der Waals surface area (Å²) in [6.45, 7) is 3.22. The second-order valence-corrected chi connectivity index (χ2v) is 4.55. The molecule has 20 heavy (non-hydrogen) atoms. The van der Waals surface area contributed by atoms with Crippen LogP contribution in [0, 0.1) is 0 Å². The SMILES string of the molecule is CCN(Cc1ccncc1)c1nccc(C(=O)O)c1Cl. The Bertz CT molecular complexity index is 605. The Morgan fingerprint density at radius 1 is 1.30 bits per heavy atom. The molecule has 0 amide bonds. The van der Waals surface area contributed by atoms with Crippen molar-refractivity contribution >= 4 is 23.4 Å². The molecule has 0 aliphatic heterocycles. The van der Waals surface area contributed by atoms with Gasteiger partial charge < -0.3 is 10.0 Å². The summed E-state index contributed by atoms with van der Waals surface area (Å²) in [4.78, 5) is 21.2. The summed E-state index contributed by atoms with van der Waals surface area (Å²) in [6, 6.07) is 5.20. The molecule has 0 saturated heterocycles. The zero-order valence-electron chi connectivity index (χ0n) is 11.0. The van der Waals surface area contributed by atoms with Crippen molar-refractivity contribution in [3.05, 3.63) is 52.9 Å². The highest BCUT2D eigenvalue weighted by atomic mass is 35.5. The van der Waals surface area contributed by atoms with Gasteiger partial charge in [-0.05, 0) is 30.7 Å². The van der Waals surface area contributed by atoms with Crippen LogP contribution in [0.4, 0.5) is 5.82 Å². The molecule has 0 spiro atoms. The van der Waals surface area contributed by atoms with E-state index in [1.807, 2.05) is 24.0 Å². The molecule has 0 aromatic carbocycles. The Morgan fingerprint density at radius 2 is 2.00 bits per heavy atom. The van der Waals surface area contributed by atoms with Gasteiger partial charge in [-0.2, -0.15) is 0 Å². The number of anilines is 1. The minimum atomic E-state index is -1.06. The first-order chi connectivity index (χ1) is 9.63. The van der Waals surface area contributed by atoms with E-state index in [1.54, 1.807) is 12.4 Å². The van der Waals surface area contributed by atoms with Crippen molar-refractivity contribution < 1.29 is 9.90 Å². The third-order valence-electron chi connectivity index (χ3n) is 2.91. The molecule has 0 unspecified atom stereocenters. The third-order valence-corrected chi connectivity index (χ3v) is 3.28. The molecule has 2 aromatic rings. The van der Waals surface area contributed by atoms with Gasteiger partial charge in [0.1, 0.15) is 5.82 Å². The van der Waals surface area contributed by atoms with Crippen molar-refractivity contribution in [2.24, 2.45) is 0 Å². The molecule has 0 atom stereocenters. The molecule has 0 saturated carbocycles. The summed E-state index contributed by atoms with van der Waals surface area (Å²) in [7, 11) is 0. The number of rotatable bonds is 5. The fourth-order valence-corrected chi connectivity index (χ4v) is 2.18. The monoisotopic (exact) mass is 291 g/mol. The Morgan fingerprint density at radius 3 is 2.60 bits per heavy atom. The second kappa shape index (κ2) is 6.34. The Labute approximate surface area is 121 Å². The van der Waals surface area contributed by atoms with E-state index in [0.29, 0.717) is 18.9 Å². The Hall–Kier alpha value is -2.14. The fourth-order valence-electron chi connectivity index (χ4n) is 1.86. The molecular formula is C14H14ClN3O2. The third kappa shape index (κ3) is 3.05. The van der Waals surface area contributed by atoms with E-state index >= 15 is 0 Å². The predicted octanol–water partition coefficient (Wildman–Crippen LogP) is 2.85. The van der Waals surface area contributed by atoms with Crippen LogP contribution in [0.25, 0.3) is 0 Å². The van der Waals surface area contributed by atoms with Crippen LogP contribution in [0.15, 0.2) is 36.8 Å². The molecule has 1 N–H and O–H groups in total. The maximum atomic E-state index is 11.1. The van der Waals surface area contributed by atoms with E-state index in [9.17, 15) is 4.79 Å². The number of carboxylic acids is 1. The van der Waals surface area contributed by atoms with Crippen LogP contribution < -0.4 is 4.90 Å². The van der Waals surface area contributed by atoms with E-state index in [2.05, 4.69) is 9.97 Å². The summed E-state index contributed by atoms with van der Waals surface area (Å²) in [5.41, 5.74) is 1.12. The van der Waals surface area contributed by atoms with Gasteiger partial charge in [-0.15, -0.1) is 0 Å². The first-order valence-corrected chi connectivity index (χ1v) is 6.53. The predicted molar refractivity (Wildman–Crippen MR) is 77.2 cm³/mol. The molecule has 104 valence electrons. The lowest BCUT2D eigenvalue weighted by Gasteiger charge is -2.23. The van der Waals surface area contributed by atoms with E-state index in [-0.39, 0.29) is 10.6 Å². The van der Waals surface area contributed by atoms with Crippen LogP contribution >= 0.6 is 11.6 Å². The number of aromatic nitrogens is 2. The highest BCUT2D eigenvalue weighted by Gasteiger charge is 2.17. The van der Waals surface area contributed by atoms with Crippen LogP contribution in [0.3, 0.4) is 0 Å². The second-order valence-electron chi connectivity index (χ2n) is 4.17. The lowest BCUT2D eigenvalue weighted by atomic mass is 10.2. The van der Waals surface area contributed by atoms with Gasteiger partial charge in [0.15, 0.2) is 0 Å². The zero-order valence-corrected chi connectivity index (χ0v) is 11.7. The van der Waals surface area contributed by atoms with Crippen molar-refractivity contribution in [1.82, 2.24) is 9.97 Å². The number of hydrogen-bond donors (Lipinski definition) is 1. The number of pyridine rings is 2. The smallest absolute Gasteiger partial charge is 0.337 e. The van der Waals surface area contributed by atoms with E-state index in [4.69, 9.17) is 16.7 Å². The lowest BCUT2D eigenvalue weighted by molar-refractivity contribution is 0.0697. The van der Waals surface area contributed by atoms with Gasteiger partial charge in [-0.3, -0.25) is 4.98 Å². The molecule has 0 radical (unpaired) electrons. The molecule has 0 aliphatic rings. The zero-order chi connectivity index (χ0) is 14.5. The minimum Gasteiger partial charge on any atom is -0.478 e. The largest absolute Gasteiger partial charge is 0.478 e. The highest BCUT2D eigenvalue weighted by molar-refractivity contribution is 6.35. The molecule has 2 aromatic heterocycles. The number of halogens is 1. The van der Waals surface area contributed by atoms with Gasteiger partial charge in [-0.1, -0.05) is 11.6 Å². The number of aromatic carboxylic acids is 1. The topological polar surface area (TPSA) is 66.3 Å². The molecule has 2 heterocycles. The van der Waals surface area contributed by atoms with Crippen molar-refractivity contribution in [1.29, 1.82) is 0 Å². The van der Waals surface area contributed by atoms with E-state index < -0.39 is 5.97 Å². The molecular weight excluding hydrogens is 278 g/mol. The van der Waals surface area contributed by atoms with Crippen LogP contribution in [0.2, 0.25) is 5.02 Å². The number of hydrogen-bond acceptors (Lipinski definition) is 4. The molecule has 6 heteroatoms. The molecule has 5 nitrogen and oxygen atoms in total. The summed E-state index contributed by atoms with van der Waals surface area (Å²) < 4.78 is 0. The Kier molecular flexibility index (Phi) is 4.53. The summed E-state index contributed by atoms with van der Waals surface area (Å²) in [5.74, 6) is -0.579. The first kappa shape index (κ1) is 14.3. The fraction of sp³-hybridized carbons (Fsp3) is 0.214. The van der Waals surface area contributed by atoms with Crippen LogP contribution in [0.1, 0.15) is 22.8 Å². The minimum absolute atomic E-state index is 0.0600. The van der Waals surface area contributed by atoms with E-state index in [0.717, 1.165) is 5.56 Å². The number of nitrogens with zero attached hydrogens (tertiary/aromatic N) is 3. The van der Waals surface area contributed by atoms with Gasteiger partial charge >= 0.3 is 5.97 Å². The quantitative estimate of drug-likeness (QED) is 0.917. The van der Waals surface area contributed by atoms with Crippen LogP contribution in [-0.2, 0) is 6.54 Å². The summed E-state index contributed by atoms with van der Waals surface area (Å²) in [5, 5.41) is 9.26. The van der Waals surface area contributed by atoms with Crippen molar-refractivity contribution in [2.45, 2.75) is 13.5 Å². The van der Waals surface area contributed by atoms with Crippen molar-refractivity contribution in [3.63, 3.8) is 0 Å². The normalized spacial score (nSPS) is 10.3. The first-order valence-electron chi connectivity index (χ1n) is 6.15. The molecule has 0 aliphatic carbocycles. The maximum absolute atomic E-state index is 11.1. The Balaban J connectivity index is 2.33. The van der Waals surface area contributed by atoms with Crippen LogP contribution in [-0.4, -0.2) is 27.6 Å². The summed E-state index contributed by atoms with van der Waals surface area (Å²) in [6.07, 6.45) is 4.89. The number of carboxylic acid groups (broad SMARTS) is 1. The van der Waals surface area contributed by atoms with Gasteiger partial charge in [0.25, 0.3) is 0 Å². The lowest BCUT2D eigenvalue weighted by Crippen LogP contribution is -2.24. The average molecular weight is 292 g/mol. The molecule has 0 bridgehead atoms. The summed E-state index contributed by atoms with van der Waals surface area (Å²) >= 11 is 6.15. The van der Waals surface area contributed by atoms with Gasteiger partial charge in [-0.25, -0.2) is 9.78 Å². The maximum Gasteiger partial charge on any atom is 0.337 e. The number of carbonyl (C=O) groups is 1. The van der Waals surface area contributed by atoms with Gasteiger partial charge in [0.05, 0.1) is 10.6 Å². The molecule has 0 fully saturated rings. The highest BCUT2D eigenvalue weighted by Crippen LogP contribution is 2.27. The van der Waals surface area contributed by atoms with Crippen LogP contribution in [0.5, 0.6) is 0 Å². The molecule has 2 rings (SSSR count). The van der Waals surface area contributed by atoms with E-state index in [1.165, 1.54) is 12.3 Å². The van der Waals surface area contributed by atoms with Crippen molar-refractivity contribution in [2.75, 3.05) is 11.4 Å². The van der Waals surface area contributed by atoms with Gasteiger partial charge in [0.2, 0.25) is 0 Å². The van der Waals surface area contributed by atoms with Gasteiger partial charge in [0, 0.05) is 31.7 Å². The standard InChI is InChI=1S/C14H14ClN3O2/c1-2-18(9-10-3-6-16-7-4-10)13-12(15)11(14(19)20)5-8-17-13/h3-8H,2,9H2,1H3,(H,19,20).